The number of H-pyrrole nitrogens is 1. The Labute approximate surface area is 79.8 Å². The second-order valence-corrected chi connectivity index (χ2v) is 2.87. The number of nitrogens with zero attached hydrogens (tertiary/aromatic N) is 3. The Bertz CT molecular complexity index is 438. The van der Waals surface area contributed by atoms with E-state index < -0.39 is 6.08 Å². The third-order valence-corrected chi connectivity index (χ3v) is 1.79. The number of aromatic amines is 1. The summed E-state index contributed by atoms with van der Waals surface area (Å²) in [4.78, 5) is 13.9. The van der Waals surface area contributed by atoms with E-state index in [0.717, 1.165) is 13.0 Å². The molecule has 0 amide bonds. The van der Waals surface area contributed by atoms with Gasteiger partial charge in [-0.25, -0.2) is 4.98 Å². The van der Waals surface area contributed by atoms with E-state index in [1.807, 2.05) is 6.92 Å². The Kier molecular flexibility index (Phi) is 2.26. The van der Waals surface area contributed by atoms with Gasteiger partial charge in [-0.05, 0) is 6.42 Å². The molecule has 2 rings (SSSR count). The molecule has 5 nitrogen and oxygen atoms in total. The van der Waals surface area contributed by atoms with Crippen molar-refractivity contribution in [1.29, 1.82) is 0 Å². The fourth-order valence-electron chi connectivity index (χ4n) is 1.18. The first-order chi connectivity index (χ1) is 6.81. The van der Waals surface area contributed by atoms with Crippen LogP contribution in [-0.2, 0) is 0 Å². The van der Waals surface area contributed by atoms with Gasteiger partial charge in [0, 0.05) is 6.54 Å². The lowest BCUT2D eigenvalue weighted by Crippen LogP contribution is -2.05. The van der Waals surface area contributed by atoms with Crippen molar-refractivity contribution in [2.24, 2.45) is 0 Å². The second-order valence-electron chi connectivity index (χ2n) is 2.87. The number of hydrogen-bond donors (Lipinski definition) is 2. The molecule has 0 aliphatic heterocycles. The zero-order valence-corrected chi connectivity index (χ0v) is 7.71. The minimum Gasteiger partial charge on any atom is -0.368 e. The summed E-state index contributed by atoms with van der Waals surface area (Å²) in [5.41, 5.74) is 0.982. The minimum atomic E-state index is -0.750. The summed E-state index contributed by atoms with van der Waals surface area (Å²) < 4.78 is 12.9. The van der Waals surface area contributed by atoms with Gasteiger partial charge in [0.2, 0.25) is 0 Å². The maximum absolute atomic E-state index is 12.9. The van der Waals surface area contributed by atoms with Crippen LogP contribution in [0.15, 0.2) is 6.33 Å². The van der Waals surface area contributed by atoms with Gasteiger partial charge in [-0.1, -0.05) is 6.92 Å². The lowest BCUT2D eigenvalue weighted by Gasteiger charge is -2.03. The predicted octanol–water partition coefficient (Wildman–Crippen LogP) is 1.31. The van der Waals surface area contributed by atoms with E-state index in [1.165, 1.54) is 6.33 Å². The van der Waals surface area contributed by atoms with E-state index in [0.29, 0.717) is 17.0 Å². The van der Waals surface area contributed by atoms with Gasteiger partial charge in [0.15, 0.2) is 11.5 Å². The largest absolute Gasteiger partial charge is 0.368 e. The topological polar surface area (TPSA) is 66.5 Å². The van der Waals surface area contributed by atoms with Crippen LogP contribution in [0.5, 0.6) is 0 Å². The maximum atomic E-state index is 12.9. The molecule has 0 aliphatic rings. The smallest absolute Gasteiger partial charge is 0.312 e. The van der Waals surface area contributed by atoms with Crippen LogP contribution in [-0.4, -0.2) is 26.5 Å². The molecule has 0 bridgehead atoms. The third-order valence-electron chi connectivity index (χ3n) is 1.79. The number of halogens is 1. The van der Waals surface area contributed by atoms with E-state index in [9.17, 15) is 4.39 Å². The molecular formula is C8H10FN5. The Morgan fingerprint density at radius 1 is 1.50 bits per heavy atom. The van der Waals surface area contributed by atoms with E-state index in [2.05, 4.69) is 25.3 Å². The summed E-state index contributed by atoms with van der Waals surface area (Å²) in [5, 5.41) is 2.99. The molecule has 2 aromatic rings. The number of nitrogens with one attached hydrogen (secondary N) is 2. The van der Waals surface area contributed by atoms with E-state index in [4.69, 9.17) is 0 Å². The average Bonchev–Trinajstić information content (AvgIpc) is 2.61. The second kappa shape index (κ2) is 3.57. The van der Waals surface area contributed by atoms with Crippen molar-refractivity contribution in [3.63, 3.8) is 0 Å². The molecule has 2 aromatic heterocycles. The number of hydrogen-bond acceptors (Lipinski definition) is 4. The Morgan fingerprint density at radius 2 is 2.36 bits per heavy atom. The number of aromatic nitrogens is 4. The molecule has 2 N–H and O–H groups in total. The van der Waals surface area contributed by atoms with Gasteiger partial charge in [-0.15, -0.1) is 0 Å². The van der Waals surface area contributed by atoms with Crippen molar-refractivity contribution in [3.8, 4) is 0 Å². The monoisotopic (exact) mass is 195 g/mol. The zero-order chi connectivity index (χ0) is 9.97. The van der Waals surface area contributed by atoms with Crippen LogP contribution >= 0.6 is 0 Å². The summed E-state index contributed by atoms with van der Waals surface area (Å²) in [5.74, 6) is 0.440. The molecule has 0 saturated heterocycles. The first kappa shape index (κ1) is 8.86. The summed E-state index contributed by atoms with van der Waals surface area (Å²) in [6.07, 6.45) is 1.66. The summed E-state index contributed by atoms with van der Waals surface area (Å²) >= 11 is 0. The molecular weight excluding hydrogens is 185 g/mol. The highest BCUT2D eigenvalue weighted by Crippen LogP contribution is 2.15. The first-order valence-corrected chi connectivity index (χ1v) is 4.41. The SMILES string of the molecule is CCCNc1nc(F)nc2[nH]cnc12. The Morgan fingerprint density at radius 3 is 3.14 bits per heavy atom. The van der Waals surface area contributed by atoms with Gasteiger partial charge in [0.25, 0.3) is 0 Å². The fraction of sp³-hybridized carbons (Fsp3) is 0.375. The standard InChI is InChI=1S/C8H10FN5/c1-2-3-10-6-5-7(12-4-11-5)14-8(9)13-6/h4H,2-3H2,1H3,(H2,10,11,12,13,14). The van der Waals surface area contributed by atoms with Gasteiger partial charge in [0.05, 0.1) is 6.33 Å². The van der Waals surface area contributed by atoms with Gasteiger partial charge in [0.1, 0.15) is 5.52 Å². The number of anilines is 1. The lowest BCUT2D eigenvalue weighted by atomic mass is 10.4. The quantitative estimate of drug-likeness (QED) is 0.725. The molecule has 0 aliphatic carbocycles. The van der Waals surface area contributed by atoms with Crippen molar-refractivity contribution >= 4 is 17.0 Å². The zero-order valence-electron chi connectivity index (χ0n) is 7.71. The van der Waals surface area contributed by atoms with Crippen LogP contribution in [0, 0.1) is 6.08 Å². The predicted molar refractivity (Wildman–Crippen MR) is 50.4 cm³/mol. The first-order valence-electron chi connectivity index (χ1n) is 4.41. The molecule has 0 aromatic carbocycles. The number of fused-ring (bicyclic) bond motifs is 1. The normalized spacial score (nSPS) is 10.7. The summed E-state index contributed by atoms with van der Waals surface area (Å²) in [6.45, 7) is 2.75. The van der Waals surface area contributed by atoms with Gasteiger partial charge in [-0.2, -0.15) is 14.4 Å². The Hall–Kier alpha value is -1.72. The van der Waals surface area contributed by atoms with Crippen molar-refractivity contribution in [2.45, 2.75) is 13.3 Å². The van der Waals surface area contributed by atoms with Crippen LogP contribution in [0.2, 0.25) is 0 Å². The number of imidazole rings is 1. The molecule has 0 unspecified atom stereocenters. The minimum absolute atomic E-state index is 0.413. The van der Waals surface area contributed by atoms with Gasteiger partial charge in [-0.3, -0.25) is 0 Å². The molecule has 0 radical (unpaired) electrons. The molecule has 0 fully saturated rings. The molecule has 2 heterocycles. The van der Waals surface area contributed by atoms with Crippen molar-refractivity contribution in [2.75, 3.05) is 11.9 Å². The molecule has 14 heavy (non-hydrogen) atoms. The highest BCUT2D eigenvalue weighted by Gasteiger charge is 2.08. The van der Waals surface area contributed by atoms with Crippen LogP contribution in [0.25, 0.3) is 11.2 Å². The average molecular weight is 195 g/mol. The van der Waals surface area contributed by atoms with Crippen LogP contribution < -0.4 is 5.32 Å². The highest BCUT2D eigenvalue weighted by molar-refractivity contribution is 5.81. The van der Waals surface area contributed by atoms with Crippen LogP contribution in [0.3, 0.4) is 0 Å². The summed E-state index contributed by atoms with van der Waals surface area (Å²) in [7, 11) is 0. The molecule has 6 heteroatoms. The van der Waals surface area contributed by atoms with Crippen molar-refractivity contribution in [1.82, 2.24) is 19.9 Å². The molecule has 0 atom stereocenters. The van der Waals surface area contributed by atoms with Crippen LogP contribution in [0.1, 0.15) is 13.3 Å². The van der Waals surface area contributed by atoms with Gasteiger partial charge < -0.3 is 10.3 Å². The third kappa shape index (κ3) is 1.50. The van der Waals surface area contributed by atoms with E-state index in [1.54, 1.807) is 0 Å². The van der Waals surface area contributed by atoms with E-state index >= 15 is 0 Å². The maximum Gasteiger partial charge on any atom is 0.312 e. The Balaban J connectivity index is 2.44. The fourth-order valence-corrected chi connectivity index (χ4v) is 1.18. The lowest BCUT2D eigenvalue weighted by molar-refractivity contribution is 0.545. The molecule has 0 spiro atoms. The van der Waals surface area contributed by atoms with Crippen LogP contribution in [0.4, 0.5) is 10.2 Å². The molecule has 74 valence electrons. The highest BCUT2D eigenvalue weighted by atomic mass is 19.1. The van der Waals surface area contributed by atoms with Gasteiger partial charge >= 0.3 is 6.08 Å². The number of rotatable bonds is 3. The summed E-state index contributed by atoms with van der Waals surface area (Å²) in [6, 6.07) is 0. The van der Waals surface area contributed by atoms with E-state index in [-0.39, 0.29) is 0 Å². The van der Waals surface area contributed by atoms with Crippen molar-refractivity contribution < 1.29 is 4.39 Å². The molecule has 0 saturated carbocycles. The van der Waals surface area contributed by atoms with Crippen molar-refractivity contribution in [3.05, 3.63) is 12.4 Å².